The van der Waals surface area contributed by atoms with Gasteiger partial charge in [0.2, 0.25) is 0 Å². The van der Waals surface area contributed by atoms with Crippen molar-refractivity contribution in [1.82, 2.24) is 9.97 Å². The molecule has 2 heterocycles. The first-order chi connectivity index (χ1) is 16.2. The average molecular weight is 482 g/mol. The molecular formula is C24H21F2N5O2S. The number of hydrogen-bond donors (Lipinski definition) is 1. The fourth-order valence-electron chi connectivity index (χ4n) is 3.82. The number of thiocarbonyl (C=S) groups is 1. The highest BCUT2D eigenvalue weighted by Gasteiger charge is 2.51. The number of halogens is 2. The number of imidazole rings is 1. The number of hydrogen-bond acceptors (Lipinski definition) is 4. The van der Waals surface area contributed by atoms with Crippen LogP contribution in [-0.2, 0) is 22.7 Å². The molecule has 0 saturated carbocycles. The van der Waals surface area contributed by atoms with Crippen molar-refractivity contribution in [3.8, 4) is 0 Å². The van der Waals surface area contributed by atoms with Crippen LogP contribution in [0.1, 0.15) is 30.8 Å². The number of aromatic amines is 1. The van der Waals surface area contributed by atoms with Crippen LogP contribution in [-0.4, -0.2) is 26.5 Å². The van der Waals surface area contributed by atoms with E-state index in [1.807, 2.05) is 0 Å². The number of nitrogens with one attached hydrogen (secondary N) is 1. The van der Waals surface area contributed by atoms with E-state index in [2.05, 4.69) is 14.8 Å². The number of H-pyrrole nitrogens is 1. The second-order valence-electron chi connectivity index (χ2n) is 8.28. The fraction of sp³-hybridized carbons (Fsp3) is 0.250. The Balaban J connectivity index is 1.61. The second-order valence-corrected chi connectivity index (χ2v) is 8.64. The third-order valence-corrected chi connectivity index (χ3v) is 6.08. The topological polar surface area (TPSA) is 65.8 Å². The number of carbonyl (C=O) groups is 1. The molecule has 1 fully saturated rings. The van der Waals surface area contributed by atoms with Crippen LogP contribution in [0.2, 0.25) is 0 Å². The Kier molecular flexibility index (Phi) is 6.17. The van der Waals surface area contributed by atoms with E-state index < -0.39 is 23.1 Å². The van der Waals surface area contributed by atoms with E-state index in [1.165, 1.54) is 30.0 Å². The summed E-state index contributed by atoms with van der Waals surface area (Å²) in [4.78, 5) is 26.1. The zero-order chi connectivity index (χ0) is 24.6. The predicted octanol–water partition coefficient (Wildman–Crippen LogP) is 5.18. The Morgan fingerprint density at radius 1 is 1.24 bits per heavy atom. The van der Waals surface area contributed by atoms with Crippen LogP contribution in [0, 0.1) is 25.1 Å². The van der Waals surface area contributed by atoms with Gasteiger partial charge in [-0.05, 0) is 56.8 Å². The van der Waals surface area contributed by atoms with Crippen LogP contribution in [0.25, 0.3) is 4.85 Å². The molecule has 174 valence electrons. The van der Waals surface area contributed by atoms with Gasteiger partial charge in [0.25, 0.3) is 5.91 Å². The highest BCUT2D eigenvalue weighted by atomic mass is 32.1. The van der Waals surface area contributed by atoms with Gasteiger partial charge >= 0.3 is 0 Å². The molecule has 34 heavy (non-hydrogen) atoms. The summed E-state index contributed by atoms with van der Waals surface area (Å²) in [6, 6.07) is 7.29. The Hall–Kier alpha value is -3.68. The zero-order valence-electron chi connectivity index (χ0n) is 18.7. The van der Waals surface area contributed by atoms with Crippen molar-refractivity contribution in [3.05, 3.63) is 82.7 Å². The van der Waals surface area contributed by atoms with Crippen LogP contribution < -0.4 is 9.80 Å². The van der Waals surface area contributed by atoms with Gasteiger partial charge in [-0.15, -0.1) is 0 Å². The average Bonchev–Trinajstić information content (AvgIpc) is 3.37. The van der Waals surface area contributed by atoms with E-state index >= 15 is 4.39 Å². The van der Waals surface area contributed by atoms with Crippen LogP contribution in [0.4, 0.5) is 25.8 Å². The van der Waals surface area contributed by atoms with E-state index in [9.17, 15) is 9.18 Å². The molecule has 1 aliphatic rings. The highest BCUT2D eigenvalue weighted by molar-refractivity contribution is 7.81. The largest absolute Gasteiger partial charge is 0.369 e. The van der Waals surface area contributed by atoms with E-state index in [4.69, 9.17) is 23.5 Å². The minimum atomic E-state index is -1.19. The summed E-state index contributed by atoms with van der Waals surface area (Å²) in [5.74, 6) is -1.05. The number of amides is 1. The van der Waals surface area contributed by atoms with Crippen molar-refractivity contribution < 1.29 is 18.3 Å². The number of anilines is 2. The number of rotatable bonds is 6. The summed E-state index contributed by atoms with van der Waals surface area (Å²) < 4.78 is 35.5. The molecule has 2 aromatic carbocycles. The first kappa shape index (κ1) is 23.5. The smallest absolute Gasteiger partial charge is 0.259 e. The molecule has 1 saturated heterocycles. The minimum Gasteiger partial charge on any atom is -0.369 e. The number of carbonyl (C=O) groups excluding carboxylic acids is 1. The van der Waals surface area contributed by atoms with Gasteiger partial charge in [0.15, 0.2) is 10.8 Å². The van der Waals surface area contributed by atoms with E-state index in [-0.39, 0.29) is 35.3 Å². The molecule has 1 N–H and O–H groups in total. The summed E-state index contributed by atoms with van der Waals surface area (Å²) in [7, 11) is 0. The molecule has 7 nitrogen and oxygen atoms in total. The molecule has 1 aliphatic heterocycles. The Bertz CT molecular complexity index is 1320. The lowest BCUT2D eigenvalue weighted by Gasteiger charge is -2.29. The van der Waals surface area contributed by atoms with E-state index in [0.29, 0.717) is 17.1 Å². The fourth-order valence-corrected chi connectivity index (χ4v) is 4.34. The van der Waals surface area contributed by atoms with Crippen molar-refractivity contribution in [2.45, 2.75) is 39.5 Å². The Labute approximate surface area is 200 Å². The van der Waals surface area contributed by atoms with Crippen molar-refractivity contribution in [3.63, 3.8) is 0 Å². The van der Waals surface area contributed by atoms with Crippen LogP contribution in [0.5, 0.6) is 0 Å². The normalized spacial score (nSPS) is 15.2. The molecule has 0 spiro atoms. The van der Waals surface area contributed by atoms with Crippen molar-refractivity contribution in [2.75, 3.05) is 9.80 Å². The maximum absolute atomic E-state index is 15.1. The highest BCUT2D eigenvalue weighted by Crippen LogP contribution is 2.39. The Morgan fingerprint density at radius 3 is 2.65 bits per heavy atom. The number of benzene rings is 2. The van der Waals surface area contributed by atoms with E-state index in [0.717, 1.165) is 4.90 Å². The molecule has 0 atom stereocenters. The lowest BCUT2D eigenvalue weighted by Crippen LogP contribution is -2.44. The van der Waals surface area contributed by atoms with Crippen LogP contribution in [0.3, 0.4) is 0 Å². The SMILES string of the molecule is [C-]#[N+]c1ccc(N2C(=O)C(C)(C)N(c3ccc(COCc4ncc[nH]4)c(F)c3)C2=S)c(F)c1C. The molecule has 1 aromatic heterocycles. The standard InChI is InChI=1S/C24H21F2N5O2S/c1-14-18(27-4)7-8-19(21(14)26)30-22(32)24(2,3)31(23(30)34)16-6-5-15(17(25)11-16)12-33-13-20-28-9-10-29-20/h5-11H,12-13H2,1-3H3,(H,28,29). The van der Waals surface area contributed by atoms with Gasteiger partial charge in [-0.2, -0.15) is 0 Å². The summed E-state index contributed by atoms with van der Waals surface area (Å²) in [5, 5.41) is 0.0186. The van der Waals surface area contributed by atoms with Gasteiger partial charge < -0.3 is 14.6 Å². The van der Waals surface area contributed by atoms with Crippen molar-refractivity contribution >= 4 is 40.3 Å². The minimum absolute atomic E-state index is 0.0186. The predicted molar refractivity (Wildman–Crippen MR) is 128 cm³/mol. The molecule has 3 aromatic rings. The van der Waals surface area contributed by atoms with Gasteiger partial charge in [0, 0.05) is 23.6 Å². The molecule has 0 radical (unpaired) electrons. The first-order valence-electron chi connectivity index (χ1n) is 10.4. The van der Waals surface area contributed by atoms with Crippen LogP contribution >= 0.6 is 12.2 Å². The van der Waals surface area contributed by atoms with Gasteiger partial charge in [0.05, 0.1) is 18.9 Å². The number of aromatic nitrogens is 2. The van der Waals surface area contributed by atoms with Gasteiger partial charge in [-0.3, -0.25) is 9.69 Å². The molecule has 0 aliphatic carbocycles. The van der Waals surface area contributed by atoms with Crippen molar-refractivity contribution in [1.29, 1.82) is 0 Å². The first-order valence-corrected chi connectivity index (χ1v) is 10.8. The maximum atomic E-state index is 15.1. The summed E-state index contributed by atoms with van der Waals surface area (Å²) >= 11 is 5.55. The maximum Gasteiger partial charge on any atom is 0.259 e. The van der Waals surface area contributed by atoms with Gasteiger partial charge in [0.1, 0.15) is 29.6 Å². The summed E-state index contributed by atoms with van der Waals surface area (Å²) in [5.41, 5.74) is -0.268. The van der Waals surface area contributed by atoms with Gasteiger partial charge in [-0.25, -0.2) is 18.6 Å². The molecule has 0 bridgehead atoms. The Morgan fingerprint density at radius 2 is 2.00 bits per heavy atom. The monoisotopic (exact) mass is 481 g/mol. The second kappa shape index (κ2) is 8.93. The lowest BCUT2D eigenvalue weighted by molar-refractivity contribution is -0.120. The van der Waals surface area contributed by atoms with Gasteiger partial charge in [-0.1, -0.05) is 12.1 Å². The molecule has 10 heteroatoms. The lowest BCUT2D eigenvalue weighted by atomic mass is 10.0. The molecule has 0 unspecified atom stereocenters. The molecular weight excluding hydrogens is 460 g/mol. The van der Waals surface area contributed by atoms with Crippen molar-refractivity contribution in [2.24, 2.45) is 0 Å². The van der Waals surface area contributed by atoms with Crippen LogP contribution in [0.15, 0.2) is 42.7 Å². The summed E-state index contributed by atoms with van der Waals surface area (Å²) in [6.45, 7) is 12.1. The third kappa shape index (κ3) is 3.93. The number of ether oxygens (including phenoxy) is 1. The number of nitrogens with zero attached hydrogens (tertiary/aromatic N) is 4. The zero-order valence-corrected chi connectivity index (χ0v) is 19.5. The molecule has 1 amide bonds. The van der Waals surface area contributed by atoms with E-state index in [1.54, 1.807) is 38.4 Å². The summed E-state index contributed by atoms with van der Waals surface area (Å²) in [6.07, 6.45) is 3.28. The quantitative estimate of drug-likeness (QED) is 0.388. The molecule has 4 rings (SSSR count). The third-order valence-electron chi connectivity index (χ3n) is 5.71.